The van der Waals surface area contributed by atoms with Gasteiger partial charge in [-0.25, -0.2) is 0 Å². The summed E-state index contributed by atoms with van der Waals surface area (Å²) in [5.41, 5.74) is 2.16. The lowest BCUT2D eigenvalue weighted by Crippen LogP contribution is -2.52. The van der Waals surface area contributed by atoms with Crippen molar-refractivity contribution in [2.24, 2.45) is 0 Å². The minimum atomic E-state index is -0.560. The molecule has 3 rings (SSSR count). The summed E-state index contributed by atoms with van der Waals surface area (Å²) in [7, 11) is 0. The molecule has 0 aromatic heterocycles. The molecule has 2 amide bonds. The summed E-state index contributed by atoms with van der Waals surface area (Å²) in [4.78, 5) is 28.1. The van der Waals surface area contributed by atoms with Crippen LogP contribution in [-0.2, 0) is 21.5 Å². The Morgan fingerprint density at radius 2 is 1.68 bits per heavy atom. The molecule has 0 radical (unpaired) electrons. The molecule has 5 nitrogen and oxygen atoms in total. The van der Waals surface area contributed by atoms with Crippen LogP contribution < -0.4 is 10.1 Å². The largest absolute Gasteiger partial charge is 0.484 e. The van der Waals surface area contributed by atoms with E-state index in [1.165, 1.54) is 5.56 Å². The van der Waals surface area contributed by atoms with E-state index in [9.17, 15) is 9.59 Å². The first-order valence-electron chi connectivity index (χ1n) is 12.2. The van der Waals surface area contributed by atoms with Crippen LogP contribution in [0.5, 0.6) is 5.75 Å². The van der Waals surface area contributed by atoms with Crippen LogP contribution in [0.3, 0.4) is 0 Å². The second-order valence-corrected chi connectivity index (χ2v) is 10.6. The smallest absolute Gasteiger partial charge is 0.261 e. The SMILES string of the molecule is CCC(C(=O)NC1CCCC1)N(Cc1ccc(Cl)cc1)C(=O)COc1ccc(C(C)(C)C)cc1. The van der Waals surface area contributed by atoms with Crippen LogP contribution in [0.2, 0.25) is 5.02 Å². The van der Waals surface area contributed by atoms with E-state index >= 15 is 0 Å². The van der Waals surface area contributed by atoms with Gasteiger partial charge in [-0.2, -0.15) is 0 Å². The van der Waals surface area contributed by atoms with Gasteiger partial charge in [-0.15, -0.1) is 0 Å². The minimum Gasteiger partial charge on any atom is -0.484 e. The molecule has 1 saturated carbocycles. The summed E-state index contributed by atoms with van der Waals surface area (Å²) in [6.07, 6.45) is 4.80. The Balaban J connectivity index is 1.73. The van der Waals surface area contributed by atoms with E-state index in [1.54, 1.807) is 17.0 Å². The van der Waals surface area contributed by atoms with Gasteiger partial charge in [0.05, 0.1) is 0 Å². The maximum absolute atomic E-state index is 13.4. The van der Waals surface area contributed by atoms with Gasteiger partial charge in [-0.05, 0) is 60.1 Å². The second kappa shape index (κ2) is 11.7. The summed E-state index contributed by atoms with van der Waals surface area (Å²) in [6, 6.07) is 14.8. The van der Waals surface area contributed by atoms with Gasteiger partial charge >= 0.3 is 0 Å². The van der Waals surface area contributed by atoms with Crippen LogP contribution in [0.4, 0.5) is 0 Å². The topological polar surface area (TPSA) is 58.6 Å². The number of hydrogen-bond acceptors (Lipinski definition) is 3. The summed E-state index contributed by atoms with van der Waals surface area (Å²) in [5, 5.41) is 3.79. The van der Waals surface area contributed by atoms with Gasteiger partial charge in [-0.3, -0.25) is 9.59 Å². The van der Waals surface area contributed by atoms with Crippen LogP contribution in [0.25, 0.3) is 0 Å². The maximum atomic E-state index is 13.4. The average molecular weight is 485 g/mol. The van der Waals surface area contributed by atoms with Crippen molar-refractivity contribution < 1.29 is 14.3 Å². The third-order valence-corrected chi connectivity index (χ3v) is 6.69. The molecule has 34 heavy (non-hydrogen) atoms. The number of halogens is 1. The second-order valence-electron chi connectivity index (χ2n) is 10.1. The third kappa shape index (κ3) is 7.23. The average Bonchev–Trinajstić information content (AvgIpc) is 3.31. The van der Waals surface area contributed by atoms with Crippen molar-refractivity contribution in [2.45, 2.75) is 83.8 Å². The first kappa shape index (κ1) is 26.1. The summed E-state index contributed by atoms with van der Waals surface area (Å²) >= 11 is 6.04. The molecule has 0 aliphatic heterocycles. The lowest BCUT2D eigenvalue weighted by molar-refractivity contribution is -0.143. The highest BCUT2D eigenvalue weighted by atomic mass is 35.5. The molecule has 1 unspecified atom stereocenters. The van der Waals surface area contributed by atoms with Crippen LogP contribution in [0, 0.1) is 0 Å². The van der Waals surface area contributed by atoms with Gasteiger partial charge in [-0.1, -0.05) is 76.4 Å². The fraction of sp³-hybridized carbons (Fsp3) is 0.500. The number of hydrogen-bond donors (Lipinski definition) is 1. The summed E-state index contributed by atoms with van der Waals surface area (Å²) in [6.45, 7) is 8.59. The first-order valence-corrected chi connectivity index (χ1v) is 12.6. The number of nitrogens with zero attached hydrogens (tertiary/aromatic N) is 1. The Kier molecular flexibility index (Phi) is 9.01. The highest BCUT2D eigenvalue weighted by Gasteiger charge is 2.31. The van der Waals surface area contributed by atoms with E-state index < -0.39 is 6.04 Å². The molecule has 1 fully saturated rings. The predicted molar refractivity (Wildman–Crippen MR) is 137 cm³/mol. The van der Waals surface area contributed by atoms with Gasteiger partial charge in [0.25, 0.3) is 5.91 Å². The molecule has 2 aromatic carbocycles. The standard InChI is InChI=1S/C28H37ClN2O3/c1-5-25(27(33)30-23-8-6-7-9-23)31(18-20-10-14-22(29)15-11-20)26(32)19-34-24-16-12-21(13-17-24)28(2,3)4/h10-17,23,25H,5-9,18-19H2,1-4H3,(H,30,33). The zero-order chi connectivity index (χ0) is 24.7. The number of rotatable bonds is 9. The van der Waals surface area contributed by atoms with Gasteiger partial charge < -0.3 is 15.0 Å². The van der Waals surface area contributed by atoms with Gasteiger partial charge in [0, 0.05) is 17.6 Å². The van der Waals surface area contributed by atoms with E-state index in [1.807, 2.05) is 43.3 Å². The minimum absolute atomic E-state index is 0.0464. The molecule has 0 spiro atoms. The Bertz CT molecular complexity index is 945. The van der Waals surface area contributed by atoms with Gasteiger partial charge in [0.2, 0.25) is 5.91 Å². The zero-order valence-electron chi connectivity index (χ0n) is 20.8. The normalized spacial score (nSPS) is 15.1. The number of nitrogens with one attached hydrogen (secondary N) is 1. The van der Waals surface area contributed by atoms with Crippen molar-refractivity contribution in [1.82, 2.24) is 10.2 Å². The Morgan fingerprint density at radius 3 is 2.24 bits per heavy atom. The lowest BCUT2D eigenvalue weighted by atomic mass is 9.87. The van der Waals surface area contributed by atoms with Gasteiger partial charge in [0.15, 0.2) is 6.61 Å². The van der Waals surface area contributed by atoms with Crippen molar-refractivity contribution in [2.75, 3.05) is 6.61 Å². The molecule has 2 aromatic rings. The zero-order valence-corrected chi connectivity index (χ0v) is 21.5. The number of carbonyl (C=O) groups excluding carboxylic acids is 2. The van der Waals surface area contributed by atoms with Crippen molar-refractivity contribution in [3.05, 3.63) is 64.7 Å². The van der Waals surface area contributed by atoms with Crippen LogP contribution >= 0.6 is 11.6 Å². The molecular weight excluding hydrogens is 448 g/mol. The van der Waals surface area contributed by atoms with Crippen LogP contribution in [-0.4, -0.2) is 35.4 Å². The highest BCUT2D eigenvalue weighted by Crippen LogP contribution is 2.25. The molecule has 1 atom stereocenters. The molecule has 6 heteroatoms. The van der Waals surface area contributed by atoms with Gasteiger partial charge in [0.1, 0.15) is 11.8 Å². The molecule has 1 aliphatic carbocycles. The fourth-order valence-electron chi connectivity index (χ4n) is 4.35. The van der Waals surface area contributed by atoms with E-state index in [4.69, 9.17) is 16.3 Å². The van der Waals surface area contributed by atoms with Crippen molar-refractivity contribution >= 4 is 23.4 Å². The monoisotopic (exact) mass is 484 g/mol. The van der Waals surface area contributed by atoms with E-state index in [2.05, 4.69) is 26.1 Å². The third-order valence-electron chi connectivity index (χ3n) is 6.44. The molecule has 1 aliphatic rings. The predicted octanol–water partition coefficient (Wildman–Crippen LogP) is 5.88. The quantitative estimate of drug-likeness (QED) is 0.483. The van der Waals surface area contributed by atoms with Crippen molar-refractivity contribution in [1.29, 1.82) is 0 Å². The first-order chi connectivity index (χ1) is 16.2. The Morgan fingerprint density at radius 1 is 1.06 bits per heavy atom. The molecular formula is C28H37ClN2O3. The van der Waals surface area contributed by atoms with Crippen LogP contribution in [0.1, 0.15) is 70.9 Å². The number of ether oxygens (including phenoxy) is 1. The Labute approximate surface area is 208 Å². The molecule has 0 heterocycles. The van der Waals surface area contributed by atoms with Crippen molar-refractivity contribution in [3.63, 3.8) is 0 Å². The lowest BCUT2D eigenvalue weighted by Gasteiger charge is -2.31. The maximum Gasteiger partial charge on any atom is 0.261 e. The van der Waals surface area contributed by atoms with Crippen molar-refractivity contribution in [3.8, 4) is 5.75 Å². The van der Waals surface area contributed by atoms with Crippen LogP contribution in [0.15, 0.2) is 48.5 Å². The number of benzene rings is 2. The summed E-state index contributed by atoms with van der Waals surface area (Å²) in [5.74, 6) is 0.325. The van der Waals surface area contributed by atoms with E-state index in [0.29, 0.717) is 23.7 Å². The van der Waals surface area contributed by atoms with E-state index in [-0.39, 0.29) is 29.9 Å². The molecule has 184 valence electrons. The molecule has 0 saturated heterocycles. The fourth-order valence-corrected chi connectivity index (χ4v) is 4.48. The summed E-state index contributed by atoms with van der Waals surface area (Å²) < 4.78 is 5.84. The molecule has 1 N–H and O–H groups in total. The highest BCUT2D eigenvalue weighted by molar-refractivity contribution is 6.30. The Hall–Kier alpha value is -2.53. The number of carbonyl (C=O) groups is 2. The van der Waals surface area contributed by atoms with E-state index in [0.717, 1.165) is 31.2 Å². The molecule has 0 bridgehead atoms. The number of amides is 2.